The van der Waals surface area contributed by atoms with Crippen molar-refractivity contribution in [3.05, 3.63) is 156 Å². The third kappa shape index (κ3) is 18.0. The lowest BCUT2D eigenvalue weighted by Crippen LogP contribution is -2.26. The van der Waals surface area contributed by atoms with E-state index in [9.17, 15) is 29.4 Å². The molecular weight excluding hydrogens is 865 g/mol. The van der Waals surface area contributed by atoms with E-state index >= 15 is 0 Å². The predicted octanol–water partition coefficient (Wildman–Crippen LogP) is 9.27. The third-order valence-corrected chi connectivity index (χ3v) is 12.4. The van der Waals surface area contributed by atoms with Gasteiger partial charge in [-0.25, -0.2) is 0 Å². The highest BCUT2D eigenvalue weighted by Crippen LogP contribution is 2.38. The summed E-state index contributed by atoms with van der Waals surface area (Å²) in [7, 11) is 3.24. The van der Waals surface area contributed by atoms with Crippen LogP contribution in [0.15, 0.2) is 133 Å². The summed E-state index contributed by atoms with van der Waals surface area (Å²) in [6.45, 7) is 1.35. The van der Waals surface area contributed by atoms with Gasteiger partial charge < -0.3 is 43.4 Å². The van der Waals surface area contributed by atoms with Crippen LogP contribution in [0.4, 0.5) is 0 Å². The monoisotopic (exact) mass is 932 g/mol. The number of ether oxygens (including phenoxy) is 6. The number of carbonyl (C=O) groups is 4. The zero-order valence-corrected chi connectivity index (χ0v) is 39.4. The Kier molecular flexibility index (Phi) is 23.2. The van der Waals surface area contributed by atoms with Gasteiger partial charge in [0.2, 0.25) is 0 Å². The van der Waals surface area contributed by atoms with E-state index in [1.54, 1.807) is 14.2 Å². The van der Waals surface area contributed by atoms with E-state index in [0.29, 0.717) is 71.2 Å². The van der Waals surface area contributed by atoms with Crippen LogP contribution in [0.3, 0.4) is 0 Å². The van der Waals surface area contributed by atoms with Crippen LogP contribution in [0.5, 0.6) is 11.5 Å². The first kappa shape index (κ1) is 53.0. The van der Waals surface area contributed by atoms with Crippen molar-refractivity contribution in [3.63, 3.8) is 0 Å². The average molecular weight is 933 g/mol. The topological polar surface area (TPSA) is 164 Å². The molecule has 12 nitrogen and oxygen atoms in total. The number of hydrogen-bond donors (Lipinski definition) is 2. The van der Waals surface area contributed by atoms with Crippen LogP contribution in [0.25, 0.3) is 0 Å². The fourth-order valence-electron chi connectivity index (χ4n) is 8.46. The second-order valence-corrected chi connectivity index (χ2v) is 17.2. The molecule has 2 saturated carbocycles. The highest BCUT2D eigenvalue weighted by molar-refractivity contribution is 5.88. The maximum Gasteiger partial charge on any atom is 0.306 e. The fourth-order valence-corrected chi connectivity index (χ4v) is 8.46. The highest BCUT2D eigenvalue weighted by Gasteiger charge is 2.43. The van der Waals surface area contributed by atoms with Gasteiger partial charge in [-0.15, -0.1) is 0 Å². The van der Waals surface area contributed by atoms with Gasteiger partial charge in [0.25, 0.3) is 0 Å². The van der Waals surface area contributed by atoms with Crippen molar-refractivity contribution in [2.75, 3.05) is 20.8 Å². The van der Waals surface area contributed by atoms with E-state index in [1.165, 1.54) is 0 Å². The van der Waals surface area contributed by atoms with E-state index in [4.69, 9.17) is 28.4 Å². The van der Waals surface area contributed by atoms with Crippen molar-refractivity contribution in [1.29, 1.82) is 0 Å². The zero-order chi connectivity index (χ0) is 48.4. The molecule has 2 aliphatic carbocycles. The third-order valence-electron chi connectivity index (χ3n) is 12.4. The van der Waals surface area contributed by atoms with Crippen LogP contribution >= 0.6 is 0 Å². The molecule has 0 aromatic heterocycles. The number of unbranched alkanes of at least 4 members (excludes halogenated alkanes) is 2. The number of ketones is 1. The number of aldehydes is 1. The number of rotatable bonds is 26. The number of methoxy groups -OCH3 is 2. The summed E-state index contributed by atoms with van der Waals surface area (Å²) >= 11 is 0. The molecule has 0 unspecified atom stereocenters. The van der Waals surface area contributed by atoms with Crippen LogP contribution in [-0.2, 0) is 64.6 Å². The molecule has 0 saturated heterocycles. The summed E-state index contributed by atoms with van der Waals surface area (Å²) in [6.07, 6.45) is 13.3. The maximum absolute atomic E-state index is 12.5. The van der Waals surface area contributed by atoms with Crippen molar-refractivity contribution >= 4 is 24.0 Å². The van der Waals surface area contributed by atoms with Crippen molar-refractivity contribution in [1.82, 2.24) is 0 Å². The van der Waals surface area contributed by atoms with E-state index in [-0.39, 0.29) is 61.2 Å². The Morgan fingerprint density at radius 1 is 0.603 bits per heavy atom. The van der Waals surface area contributed by atoms with E-state index in [0.717, 1.165) is 46.5 Å². The average Bonchev–Trinajstić information content (AvgIpc) is 3.86. The van der Waals surface area contributed by atoms with E-state index < -0.39 is 18.1 Å². The van der Waals surface area contributed by atoms with Crippen molar-refractivity contribution in [3.8, 4) is 11.5 Å². The normalized spacial score (nSPS) is 21.1. The molecule has 4 aromatic carbocycles. The van der Waals surface area contributed by atoms with Gasteiger partial charge in [-0.2, -0.15) is 0 Å². The summed E-state index contributed by atoms with van der Waals surface area (Å²) in [6, 6.07) is 34.4. The summed E-state index contributed by atoms with van der Waals surface area (Å²) in [5, 5.41) is 20.5. The van der Waals surface area contributed by atoms with Crippen LogP contribution < -0.4 is 9.47 Å². The Labute approximate surface area is 401 Å². The predicted molar refractivity (Wildman–Crippen MR) is 258 cm³/mol. The molecule has 2 N–H and O–H groups in total. The summed E-state index contributed by atoms with van der Waals surface area (Å²) in [4.78, 5) is 48.0. The molecule has 0 radical (unpaired) electrons. The Balaban J connectivity index is 0.000000254. The summed E-state index contributed by atoms with van der Waals surface area (Å²) in [5.41, 5.74) is 3.93. The Morgan fingerprint density at radius 3 is 1.54 bits per heavy atom. The van der Waals surface area contributed by atoms with Gasteiger partial charge in [-0.3, -0.25) is 14.4 Å². The van der Waals surface area contributed by atoms with Crippen molar-refractivity contribution < 1.29 is 57.8 Å². The van der Waals surface area contributed by atoms with Gasteiger partial charge in [-0.1, -0.05) is 109 Å². The zero-order valence-electron chi connectivity index (χ0n) is 39.4. The largest absolute Gasteiger partial charge is 0.497 e. The number of Topliss-reactive ketones (excluding diaryl/α,β-unsaturated/α-hetero) is 1. The van der Waals surface area contributed by atoms with Crippen LogP contribution in [-0.4, -0.2) is 73.4 Å². The first-order chi connectivity index (χ1) is 33.2. The minimum Gasteiger partial charge on any atom is -0.497 e. The first-order valence-electron chi connectivity index (χ1n) is 23.7. The smallest absolute Gasteiger partial charge is 0.306 e. The molecule has 6 rings (SSSR count). The molecule has 364 valence electrons. The number of benzene rings is 4. The van der Waals surface area contributed by atoms with Crippen molar-refractivity contribution in [2.45, 2.75) is 109 Å². The lowest BCUT2D eigenvalue weighted by molar-refractivity contribution is -0.145. The molecule has 2 aliphatic rings. The maximum atomic E-state index is 12.5. The summed E-state index contributed by atoms with van der Waals surface area (Å²) < 4.78 is 32.9. The van der Waals surface area contributed by atoms with Gasteiger partial charge in [0.1, 0.15) is 36.8 Å². The summed E-state index contributed by atoms with van der Waals surface area (Å²) in [5.74, 6) is 0.260. The molecule has 4 aromatic rings. The van der Waals surface area contributed by atoms with E-state index in [2.05, 4.69) is 0 Å². The number of esters is 2. The molecule has 0 aliphatic heterocycles. The molecule has 12 heteroatoms. The van der Waals surface area contributed by atoms with Gasteiger partial charge in [0.15, 0.2) is 0 Å². The lowest BCUT2D eigenvalue weighted by Gasteiger charge is -2.23. The van der Waals surface area contributed by atoms with Crippen LogP contribution in [0.1, 0.15) is 86.5 Å². The second-order valence-electron chi connectivity index (χ2n) is 17.2. The van der Waals surface area contributed by atoms with Gasteiger partial charge in [0, 0.05) is 44.1 Å². The Morgan fingerprint density at radius 2 is 1.07 bits per heavy atom. The molecular formula is C56H68O12. The number of allylic oxidation sites excluding steroid dienone is 4. The molecule has 0 heterocycles. The molecule has 2 fully saturated rings. The SMILES string of the molecule is COc1ccc(CO[C@@H]2CC(=O)[C@H](C/C=C\CCCC(=O)OCc3ccccc3)[C@H]2C=O)cc1.COc1ccc(CO[C@@H]2C[C@H](O)[C@H](C/C=C\CCCC(=O)OCc3ccccc3)[C@H]2CO)cc1. The highest BCUT2D eigenvalue weighted by atomic mass is 16.5. The fraction of sp³-hybridized carbons (Fsp3) is 0.429. The van der Waals surface area contributed by atoms with Gasteiger partial charge in [-0.05, 0) is 91.0 Å². The second kappa shape index (κ2) is 29.8. The van der Waals surface area contributed by atoms with E-state index in [1.807, 2.05) is 133 Å². The number of hydrogen-bond acceptors (Lipinski definition) is 12. The molecule has 0 bridgehead atoms. The number of carbonyl (C=O) groups excluding carboxylic acids is 4. The number of aliphatic hydroxyl groups is 2. The first-order valence-corrected chi connectivity index (χ1v) is 23.7. The molecule has 7 atom stereocenters. The van der Waals surface area contributed by atoms with Crippen LogP contribution in [0.2, 0.25) is 0 Å². The quantitative estimate of drug-likeness (QED) is 0.0266. The minimum atomic E-state index is -0.504. The van der Waals surface area contributed by atoms with Crippen molar-refractivity contribution in [2.24, 2.45) is 23.7 Å². The standard InChI is InChI=1S/C28H36O6.C28H32O6/c2*1-32-23-15-13-22(14-16-23)19-33-27-17-26(30)24(25(27)18-29)11-7-2-3-8-12-28(31)34-20-21-9-5-4-6-10-21/h2,4-7,9-10,13-16,24-27,29-30H,3,8,11-12,17-20H2,1H3;2,4-7,9-10,13-16,18,24-25,27H,3,8,11-12,17,19-20H2,1H3/b2*7-2-/t24-,25-,26+,27-;24-,25-,27-/m11/s1. The Bertz CT molecular complexity index is 2140. The number of aliphatic hydroxyl groups excluding tert-OH is 2. The van der Waals surface area contributed by atoms with Gasteiger partial charge >= 0.3 is 11.9 Å². The molecule has 0 amide bonds. The minimum absolute atomic E-state index is 0.0178. The van der Waals surface area contributed by atoms with Crippen LogP contribution in [0, 0.1) is 23.7 Å². The molecule has 0 spiro atoms. The molecule has 68 heavy (non-hydrogen) atoms. The lowest BCUT2D eigenvalue weighted by atomic mass is 9.91. The Hall–Kier alpha value is -5.92. The van der Waals surface area contributed by atoms with Gasteiger partial charge in [0.05, 0.1) is 51.7 Å².